The molecule has 0 spiro atoms. The van der Waals surface area contributed by atoms with Gasteiger partial charge in [-0.05, 0) is 118 Å². The van der Waals surface area contributed by atoms with Crippen LogP contribution in [0.4, 0.5) is 51.2 Å². The number of fused-ring (bicyclic) bond motifs is 3. The van der Waals surface area contributed by atoms with Crippen LogP contribution in [-0.2, 0) is 6.32 Å². The Morgan fingerprint density at radius 1 is 0.339 bits per heavy atom. The third-order valence-electron chi connectivity index (χ3n) is 11.9. The van der Waals surface area contributed by atoms with Crippen LogP contribution in [0.15, 0.2) is 231 Å². The molecule has 4 heteroatoms. The summed E-state index contributed by atoms with van der Waals surface area (Å²) in [6, 6.07) is 83.9. The largest absolute Gasteiger partial charge is 0.311 e. The van der Waals surface area contributed by atoms with E-state index in [1.54, 1.807) is 0 Å². The minimum absolute atomic E-state index is 0.118. The van der Waals surface area contributed by atoms with Crippen molar-refractivity contribution in [1.29, 1.82) is 0 Å². The van der Waals surface area contributed by atoms with Gasteiger partial charge < -0.3 is 14.7 Å². The molecule has 2 heterocycles. The predicted octanol–water partition coefficient (Wildman–Crippen LogP) is 13.4. The Bertz CT molecular complexity index is 2880. The fraction of sp³-hybridized carbons (Fsp3) is 0.0182. The van der Waals surface area contributed by atoms with Crippen LogP contribution in [-0.4, -0.2) is 6.71 Å². The maximum atomic E-state index is 2.51. The molecule has 0 atom stereocenters. The van der Waals surface area contributed by atoms with Crippen molar-refractivity contribution in [3.8, 4) is 22.3 Å². The van der Waals surface area contributed by atoms with Crippen LogP contribution in [0.25, 0.3) is 22.3 Å². The molecule has 0 saturated carbocycles. The molecule has 0 aromatic heterocycles. The summed E-state index contributed by atoms with van der Waals surface area (Å²) in [4.78, 5) is 7.39. The maximum Gasteiger partial charge on any atom is 0.221 e. The maximum absolute atomic E-state index is 2.51. The Hall–Kier alpha value is -7.56. The second-order valence-electron chi connectivity index (χ2n) is 15.3. The van der Waals surface area contributed by atoms with E-state index >= 15 is 0 Å². The molecular weight excluding hydrogens is 713 g/mol. The molecule has 2 aliphatic rings. The molecule has 9 aromatic rings. The summed E-state index contributed by atoms with van der Waals surface area (Å²) in [5.41, 5.74) is 19.2. The number of anilines is 9. The summed E-state index contributed by atoms with van der Waals surface area (Å²) in [7, 11) is 0. The van der Waals surface area contributed by atoms with Crippen LogP contribution < -0.4 is 25.6 Å². The van der Waals surface area contributed by atoms with E-state index in [1.807, 2.05) is 0 Å². The number of hydrogen-bond donors (Lipinski definition) is 0. The molecule has 9 aromatic carbocycles. The van der Waals surface area contributed by atoms with Gasteiger partial charge in [0.15, 0.2) is 0 Å². The van der Waals surface area contributed by atoms with Gasteiger partial charge in [0.05, 0.1) is 5.69 Å². The lowest BCUT2D eigenvalue weighted by Crippen LogP contribution is -2.52. The van der Waals surface area contributed by atoms with Crippen molar-refractivity contribution in [3.05, 3.63) is 236 Å². The third kappa shape index (κ3) is 6.18. The lowest BCUT2D eigenvalue weighted by molar-refractivity contribution is 1.22. The molecule has 0 N–H and O–H groups in total. The highest BCUT2D eigenvalue weighted by atomic mass is 15.2. The number of nitrogens with zero attached hydrogens (tertiary/aromatic N) is 3. The molecule has 0 amide bonds. The average Bonchev–Trinajstić information content (AvgIpc) is 3.46. The Labute approximate surface area is 346 Å². The molecule has 0 radical (unpaired) electrons. The number of rotatable bonds is 7. The summed E-state index contributed by atoms with van der Waals surface area (Å²) >= 11 is 0. The summed E-state index contributed by atoms with van der Waals surface area (Å²) < 4.78 is 0. The van der Waals surface area contributed by atoms with Gasteiger partial charge in [-0.2, -0.15) is 0 Å². The third-order valence-corrected chi connectivity index (χ3v) is 11.9. The zero-order valence-electron chi connectivity index (χ0n) is 32.6. The summed E-state index contributed by atoms with van der Waals surface area (Å²) in [6.07, 6.45) is 0.856. The van der Waals surface area contributed by atoms with Crippen LogP contribution in [0.3, 0.4) is 0 Å². The lowest BCUT2D eigenvalue weighted by atomic mass is 9.36. The van der Waals surface area contributed by atoms with E-state index in [9.17, 15) is 0 Å². The van der Waals surface area contributed by atoms with E-state index in [1.165, 1.54) is 61.5 Å². The predicted molar refractivity (Wildman–Crippen MR) is 250 cm³/mol. The monoisotopic (exact) mass is 753 g/mol. The highest BCUT2D eigenvalue weighted by Gasteiger charge is 2.40. The van der Waals surface area contributed by atoms with Crippen molar-refractivity contribution in [1.82, 2.24) is 0 Å². The molecule has 0 bridgehead atoms. The van der Waals surface area contributed by atoms with Gasteiger partial charge in [-0.3, -0.25) is 0 Å². The normalized spacial score (nSPS) is 12.6. The van der Waals surface area contributed by atoms with Crippen molar-refractivity contribution in [2.24, 2.45) is 0 Å². The number of benzene rings is 9. The summed E-state index contributed by atoms with van der Waals surface area (Å²) in [5, 5.41) is 0. The molecule has 0 aliphatic carbocycles. The van der Waals surface area contributed by atoms with Crippen molar-refractivity contribution < 1.29 is 0 Å². The van der Waals surface area contributed by atoms with E-state index in [0.717, 1.165) is 34.8 Å². The van der Waals surface area contributed by atoms with Gasteiger partial charge in [0.1, 0.15) is 0 Å². The second kappa shape index (κ2) is 14.7. The van der Waals surface area contributed by atoms with Crippen LogP contribution in [0.2, 0.25) is 0 Å². The Morgan fingerprint density at radius 3 is 1.47 bits per heavy atom. The summed E-state index contributed by atoms with van der Waals surface area (Å²) in [6.45, 7) is 0.118. The van der Waals surface area contributed by atoms with Crippen LogP contribution in [0.1, 0.15) is 5.56 Å². The lowest BCUT2D eigenvalue weighted by Gasteiger charge is -2.39. The van der Waals surface area contributed by atoms with E-state index in [0.29, 0.717) is 0 Å². The molecule has 11 rings (SSSR count). The molecule has 2 aliphatic heterocycles. The van der Waals surface area contributed by atoms with Gasteiger partial charge in [0.2, 0.25) is 6.71 Å². The Kier molecular flexibility index (Phi) is 8.67. The van der Waals surface area contributed by atoms with E-state index in [2.05, 4.69) is 245 Å². The molecule has 278 valence electrons. The van der Waals surface area contributed by atoms with Crippen molar-refractivity contribution in [2.75, 3.05) is 14.7 Å². The standard InChI is InChI=1S/C55H40BN3/c1-6-18-40(19-7-1)42-22-16-29-48(36-42)59-52-31-17-30-51-55(52)56(50-35-33-43(37-54(50)59)41-20-8-2-9-21-41)39-44-32-34-49(38-53(44)58(51)47-27-14-5-15-28-47)57(45-23-10-3-11-24-45)46-25-12-4-13-26-46/h1-38H,39H2. The number of para-hydroxylation sites is 3. The Morgan fingerprint density at radius 2 is 0.847 bits per heavy atom. The molecule has 0 saturated heterocycles. The van der Waals surface area contributed by atoms with Crippen LogP contribution >= 0.6 is 0 Å². The second-order valence-corrected chi connectivity index (χ2v) is 15.3. The molecular formula is C55H40BN3. The first kappa shape index (κ1) is 34.7. The topological polar surface area (TPSA) is 9.72 Å². The zero-order chi connectivity index (χ0) is 39.1. The molecule has 3 nitrogen and oxygen atoms in total. The van der Waals surface area contributed by atoms with Gasteiger partial charge in [0.25, 0.3) is 0 Å². The first-order valence-electron chi connectivity index (χ1n) is 20.4. The van der Waals surface area contributed by atoms with Crippen LogP contribution in [0.5, 0.6) is 0 Å². The van der Waals surface area contributed by atoms with Gasteiger partial charge in [-0.1, -0.05) is 157 Å². The minimum Gasteiger partial charge on any atom is -0.311 e. The van der Waals surface area contributed by atoms with E-state index < -0.39 is 0 Å². The minimum atomic E-state index is 0.118. The summed E-state index contributed by atoms with van der Waals surface area (Å²) in [5.74, 6) is 0. The van der Waals surface area contributed by atoms with Crippen molar-refractivity contribution >= 4 is 68.8 Å². The van der Waals surface area contributed by atoms with E-state index in [4.69, 9.17) is 0 Å². The fourth-order valence-electron chi connectivity index (χ4n) is 9.24. The average molecular weight is 754 g/mol. The van der Waals surface area contributed by atoms with Gasteiger partial charge in [0, 0.05) is 45.5 Å². The number of hydrogen-bond acceptors (Lipinski definition) is 3. The smallest absolute Gasteiger partial charge is 0.221 e. The highest BCUT2D eigenvalue weighted by molar-refractivity contribution is 6.89. The molecule has 0 unspecified atom stereocenters. The first-order chi connectivity index (χ1) is 29.3. The molecule has 59 heavy (non-hydrogen) atoms. The van der Waals surface area contributed by atoms with Crippen molar-refractivity contribution in [2.45, 2.75) is 6.32 Å². The molecule has 0 fully saturated rings. The van der Waals surface area contributed by atoms with Gasteiger partial charge >= 0.3 is 0 Å². The van der Waals surface area contributed by atoms with Gasteiger partial charge in [-0.25, -0.2) is 0 Å². The first-order valence-corrected chi connectivity index (χ1v) is 20.4. The highest BCUT2D eigenvalue weighted by Crippen LogP contribution is 2.47. The SMILES string of the molecule is c1ccc(-c2cccc(N3c4cc(-c5ccccc5)ccc4B4Cc5ccc(N(c6ccccc6)c6ccccc6)cc5N(c5ccccc5)c5cccc3c54)c2)cc1. The van der Waals surface area contributed by atoms with Crippen LogP contribution in [0, 0.1) is 0 Å². The Balaban J connectivity index is 1.16. The van der Waals surface area contributed by atoms with Gasteiger partial charge in [-0.15, -0.1) is 0 Å². The van der Waals surface area contributed by atoms with E-state index in [-0.39, 0.29) is 6.71 Å². The quantitative estimate of drug-likeness (QED) is 0.150. The fourth-order valence-corrected chi connectivity index (χ4v) is 9.24. The van der Waals surface area contributed by atoms with Crippen molar-refractivity contribution in [3.63, 3.8) is 0 Å². The zero-order valence-corrected chi connectivity index (χ0v) is 32.6.